The van der Waals surface area contributed by atoms with E-state index in [1.165, 1.54) is 4.90 Å². The molecule has 3 aliphatic heterocycles. The third-order valence-corrected chi connectivity index (χ3v) is 7.68. The number of rotatable bonds is 2. The van der Waals surface area contributed by atoms with Crippen LogP contribution in [0.1, 0.15) is 12.5 Å². The van der Waals surface area contributed by atoms with E-state index in [9.17, 15) is 9.59 Å². The van der Waals surface area contributed by atoms with Crippen molar-refractivity contribution in [1.29, 1.82) is 0 Å². The van der Waals surface area contributed by atoms with Gasteiger partial charge in [-0.25, -0.2) is 9.59 Å². The van der Waals surface area contributed by atoms with Crippen LogP contribution >= 0.6 is 11.8 Å². The number of fused-ring (bicyclic) bond motifs is 5. The quantitative estimate of drug-likeness (QED) is 0.260. The Morgan fingerprint density at radius 1 is 0.743 bits per heavy atom. The van der Waals surface area contributed by atoms with Gasteiger partial charge in [0.1, 0.15) is 5.57 Å². The molecule has 0 spiro atoms. The number of nitrogens with zero attached hydrogens (tertiary/aromatic N) is 1. The predicted octanol–water partition coefficient (Wildman–Crippen LogP) is 6.87. The third-order valence-electron chi connectivity index (χ3n) is 6.49. The van der Waals surface area contributed by atoms with E-state index in [4.69, 9.17) is 9.47 Å². The largest absolute Gasteiger partial charge is 0.418 e. The summed E-state index contributed by atoms with van der Waals surface area (Å²) in [5, 5.41) is 2.07. The lowest BCUT2D eigenvalue weighted by Gasteiger charge is -2.33. The lowest BCUT2D eigenvalue weighted by molar-refractivity contribution is -0.133. The highest BCUT2D eigenvalue weighted by atomic mass is 32.2. The summed E-state index contributed by atoms with van der Waals surface area (Å²) in [6.07, 6.45) is 0. The second-order valence-corrected chi connectivity index (χ2v) is 9.58. The van der Waals surface area contributed by atoms with Gasteiger partial charge in [0, 0.05) is 15.5 Å². The molecule has 0 unspecified atom stereocenters. The zero-order valence-electron chi connectivity index (χ0n) is 18.6. The summed E-state index contributed by atoms with van der Waals surface area (Å²) in [4.78, 5) is 29.2. The van der Waals surface area contributed by atoms with Crippen LogP contribution in [0.5, 0.6) is 0 Å². The molecule has 0 fully saturated rings. The van der Waals surface area contributed by atoms with Crippen LogP contribution in [-0.2, 0) is 19.1 Å². The maximum absolute atomic E-state index is 12.6. The smallest absolute Gasteiger partial charge is 0.348 e. The van der Waals surface area contributed by atoms with Crippen molar-refractivity contribution in [2.45, 2.75) is 16.7 Å². The van der Waals surface area contributed by atoms with Crippen molar-refractivity contribution in [1.82, 2.24) is 0 Å². The number of hydrogen-bond donors (Lipinski definition) is 0. The summed E-state index contributed by atoms with van der Waals surface area (Å²) < 4.78 is 10.7. The fourth-order valence-corrected chi connectivity index (χ4v) is 5.99. The van der Waals surface area contributed by atoms with E-state index in [2.05, 4.69) is 53.4 Å². The highest BCUT2D eigenvalue weighted by molar-refractivity contribution is 8.00. The number of carbonyl (C=O) groups excluding carboxylic acids is 2. The minimum atomic E-state index is -0.502. The highest BCUT2D eigenvalue weighted by Crippen LogP contribution is 2.53. The Labute approximate surface area is 205 Å². The van der Waals surface area contributed by atoms with Crippen molar-refractivity contribution >= 4 is 57.1 Å². The van der Waals surface area contributed by atoms with Gasteiger partial charge in [0.15, 0.2) is 11.5 Å². The predicted molar refractivity (Wildman–Crippen MR) is 135 cm³/mol. The van der Waals surface area contributed by atoms with E-state index < -0.39 is 11.9 Å². The van der Waals surface area contributed by atoms with Crippen molar-refractivity contribution in [2.24, 2.45) is 0 Å². The molecule has 7 rings (SSSR count). The van der Waals surface area contributed by atoms with Gasteiger partial charge in [0.25, 0.3) is 0 Å². The summed E-state index contributed by atoms with van der Waals surface area (Å²) in [7, 11) is 0. The molecule has 3 aliphatic rings. The van der Waals surface area contributed by atoms with Crippen LogP contribution in [0.2, 0.25) is 0 Å². The van der Waals surface area contributed by atoms with Gasteiger partial charge in [-0.05, 0) is 59.7 Å². The summed E-state index contributed by atoms with van der Waals surface area (Å²) in [5.74, 6) is -0.539. The van der Waals surface area contributed by atoms with Crippen LogP contribution in [0.15, 0.2) is 112 Å². The molecule has 0 atom stereocenters. The van der Waals surface area contributed by atoms with Crippen LogP contribution in [0.4, 0.5) is 17.1 Å². The van der Waals surface area contributed by atoms with Crippen LogP contribution in [0, 0.1) is 0 Å². The molecule has 6 heteroatoms. The molecule has 0 saturated carbocycles. The zero-order valence-corrected chi connectivity index (χ0v) is 19.4. The molecule has 5 nitrogen and oxygen atoms in total. The maximum atomic E-state index is 12.6. The standard InChI is InChI=1S/C29H17NO4S/c1-16-25-26(34-28(16)31)24(29(32)33-25)18-11-13-20-17(15-18)12-14-22-27(20)35-23-10-6-5-9-21(23)30(22)19-7-3-2-4-8-19/h2-15H,1H3. The Kier molecular flexibility index (Phi) is 4.23. The van der Waals surface area contributed by atoms with Crippen molar-refractivity contribution in [3.8, 4) is 0 Å². The zero-order chi connectivity index (χ0) is 23.7. The molecule has 4 aromatic carbocycles. The van der Waals surface area contributed by atoms with Crippen molar-refractivity contribution in [2.75, 3.05) is 4.90 Å². The van der Waals surface area contributed by atoms with E-state index in [0.29, 0.717) is 11.1 Å². The monoisotopic (exact) mass is 475 g/mol. The first-order valence-corrected chi connectivity index (χ1v) is 12.0. The molecular formula is C29H17NO4S. The van der Waals surface area contributed by atoms with Gasteiger partial charge in [-0.3, -0.25) is 0 Å². The Hall–Kier alpha value is -4.29. The Morgan fingerprint density at radius 3 is 2.37 bits per heavy atom. The Bertz CT molecular complexity index is 1670. The third kappa shape index (κ3) is 2.90. The molecule has 0 saturated heterocycles. The van der Waals surface area contributed by atoms with Crippen molar-refractivity contribution < 1.29 is 19.1 Å². The maximum Gasteiger partial charge on any atom is 0.348 e. The van der Waals surface area contributed by atoms with Gasteiger partial charge >= 0.3 is 11.9 Å². The molecule has 168 valence electrons. The summed E-state index contributed by atoms with van der Waals surface area (Å²) in [6.45, 7) is 1.60. The average Bonchev–Trinajstić information content (AvgIpc) is 3.35. The van der Waals surface area contributed by atoms with Gasteiger partial charge in [-0.2, -0.15) is 0 Å². The fourth-order valence-electron chi connectivity index (χ4n) is 4.80. The molecule has 0 radical (unpaired) electrons. The first-order valence-electron chi connectivity index (χ1n) is 11.2. The van der Waals surface area contributed by atoms with Crippen LogP contribution in [-0.4, -0.2) is 11.9 Å². The van der Waals surface area contributed by atoms with E-state index >= 15 is 0 Å². The lowest BCUT2D eigenvalue weighted by atomic mass is 9.99. The first-order chi connectivity index (χ1) is 17.1. The van der Waals surface area contributed by atoms with E-state index in [-0.39, 0.29) is 17.1 Å². The van der Waals surface area contributed by atoms with E-state index in [1.54, 1.807) is 18.7 Å². The first kappa shape index (κ1) is 20.1. The second-order valence-electron chi connectivity index (χ2n) is 8.53. The number of esters is 2. The molecule has 4 aromatic rings. The summed E-state index contributed by atoms with van der Waals surface area (Å²) in [6, 6.07) is 28.8. The second kappa shape index (κ2) is 7.35. The van der Waals surface area contributed by atoms with Crippen molar-refractivity contribution in [3.05, 3.63) is 108 Å². The van der Waals surface area contributed by atoms with Gasteiger partial charge in [0.05, 0.1) is 16.9 Å². The van der Waals surface area contributed by atoms with E-state index in [1.807, 2.05) is 36.4 Å². The Balaban J connectivity index is 1.41. The Morgan fingerprint density at radius 2 is 1.51 bits per heavy atom. The van der Waals surface area contributed by atoms with Crippen LogP contribution < -0.4 is 4.90 Å². The minimum Gasteiger partial charge on any atom is -0.418 e. The topological polar surface area (TPSA) is 55.8 Å². The summed E-state index contributed by atoms with van der Waals surface area (Å²) in [5.41, 5.74) is 4.61. The number of benzene rings is 4. The molecule has 0 aliphatic carbocycles. The number of ether oxygens (including phenoxy) is 2. The minimum absolute atomic E-state index is 0.216. The van der Waals surface area contributed by atoms with Gasteiger partial charge < -0.3 is 14.4 Å². The molecular weight excluding hydrogens is 458 g/mol. The number of anilines is 3. The lowest BCUT2D eigenvalue weighted by Crippen LogP contribution is -2.14. The van der Waals surface area contributed by atoms with Crippen molar-refractivity contribution in [3.63, 3.8) is 0 Å². The number of hydrogen-bond acceptors (Lipinski definition) is 6. The molecule has 3 heterocycles. The van der Waals surface area contributed by atoms with Gasteiger partial charge in [-0.1, -0.05) is 60.3 Å². The normalized spacial score (nSPS) is 16.3. The SMILES string of the molecule is CC1=C2OC(=O)C(c3ccc4c5c(ccc4c3)N(c3ccccc3)c3ccccc3S5)=C2OC1=O. The van der Waals surface area contributed by atoms with Gasteiger partial charge in [-0.15, -0.1) is 0 Å². The number of carbonyl (C=O) groups is 2. The highest BCUT2D eigenvalue weighted by Gasteiger charge is 2.41. The van der Waals surface area contributed by atoms with Crippen LogP contribution in [0.3, 0.4) is 0 Å². The van der Waals surface area contributed by atoms with E-state index in [0.717, 1.165) is 32.7 Å². The molecule has 0 bridgehead atoms. The number of para-hydroxylation sites is 2. The van der Waals surface area contributed by atoms with Gasteiger partial charge in [0.2, 0.25) is 0 Å². The fraction of sp³-hybridized carbons (Fsp3) is 0.0345. The average molecular weight is 476 g/mol. The molecule has 0 amide bonds. The van der Waals surface area contributed by atoms with Crippen LogP contribution in [0.25, 0.3) is 16.3 Å². The molecule has 35 heavy (non-hydrogen) atoms. The molecule has 0 aromatic heterocycles. The summed E-state index contributed by atoms with van der Waals surface area (Å²) >= 11 is 1.74. The molecule has 0 N–H and O–H groups in total.